The summed E-state index contributed by atoms with van der Waals surface area (Å²) in [4.78, 5) is 2.14. The van der Waals surface area contributed by atoms with Gasteiger partial charge in [0.15, 0.2) is 0 Å². The molecule has 1 unspecified atom stereocenters. The van der Waals surface area contributed by atoms with E-state index in [-0.39, 0.29) is 6.04 Å². The number of hydrogen-bond donors (Lipinski definition) is 1. The maximum absolute atomic E-state index is 6.29. The van der Waals surface area contributed by atoms with E-state index in [2.05, 4.69) is 35.9 Å². The van der Waals surface area contributed by atoms with Crippen molar-refractivity contribution in [1.29, 1.82) is 0 Å². The van der Waals surface area contributed by atoms with E-state index in [4.69, 9.17) is 11.6 Å². The SMILES string of the molecule is C=C(C)CN(C)c1ccc(C(C)NC)c(Cl)c1. The van der Waals surface area contributed by atoms with E-state index in [1.54, 1.807) is 0 Å². The average molecular weight is 253 g/mol. The van der Waals surface area contributed by atoms with E-state index in [1.807, 2.05) is 27.1 Å². The van der Waals surface area contributed by atoms with Crippen molar-refractivity contribution in [3.63, 3.8) is 0 Å². The Bertz CT molecular complexity index is 401. The third kappa shape index (κ3) is 3.76. The summed E-state index contributed by atoms with van der Waals surface area (Å²) in [5.74, 6) is 0. The molecule has 0 aliphatic heterocycles. The van der Waals surface area contributed by atoms with Crippen molar-refractivity contribution in [2.24, 2.45) is 0 Å². The molecule has 1 aromatic rings. The molecule has 0 bridgehead atoms. The number of benzene rings is 1. The minimum Gasteiger partial charge on any atom is -0.371 e. The van der Waals surface area contributed by atoms with Crippen molar-refractivity contribution in [3.05, 3.63) is 40.9 Å². The number of anilines is 1. The van der Waals surface area contributed by atoms with Gasteiger partial charge >= 0.3 is 0 Å². The minimum atomic E-state index is 0.267. The maximum Gasteiger partial charge on any atom is 0.0474 e. The third-order valence-corrected chi connectivity index (χ3v) is 3.16. The molecular formula is C14H21ClN2. The Hall–Kier alpha value is -0.990. The molecule has 0 saturated carbocycles. The van der Waals surface area contributed by atoms with Crippen LogP contribution in [0.15, 0.2) is 30.4 Å². The molecule has 0 radical (unpaired) electrons. The van der Waals surface area contributed by atoms with Crippen LogP contribution in [0.4, 0.5) is 5.69 Å². The number of halogens is 1. The van der Waals surface area contributed by atoms with Gasteiger partial charge in [-0.1, -0.05) is 29.8 Å². The maximum atomic E-state index is 6.29. The van der Waals surface area contributed by atoms with Gasteiger partial charge in [0.2, 0.25) is 0 Å². The van der Waals surface area contributed by atoms with E-state index < -0.39 is 0 Å². The molecule has 3 heteroatoms. The number of nitrogens with one attached hydrogen (secondary N) is 1. The van der Waals surface area contributed by atoms with Crippen LogP contribution in [-0.2, 0) is 0 Å². The number of rotatable bonds is 5. The van der Waals surface area contributed by atoms with E-state index in [0.717, 1.165) is 28.4 Å². The predicted molar refractivity (Wildman–Crippen MR) is 77.0 cm³/mol. The Kier molecular flexibility index (Phi) is 5.03. The summed E-state index contributed by atoms with van der Waals surface area (Å²) in [7, 11) is 3.98. The highest BCUT2D eigenvalue weighted by Gasteiger charge is 2.09. The van der Waals surface area contributed by atoms with Crippen molar-refractivity contribution in [3.8, 4) is 0 Å². The van der Waals surface area contributed by atoms with Gasteiger partial charge in [-0.05, 0) is 38.6 Å². The zero-order valence-electron chi connectivity index (χ0n) is 11.0. The largest absolute Gasteiger partial charge is 0.371 e. The highest BCUT2D eigenvalue weighted by atomic mass is 35.5. The Balaban J connectivity index is 2.92. The molecule has 1 N–H and O–H groups in total. The first-order valence-electron chi connectivity index (χ1n) is 5.78. The van der Waals surface area contributed by atoms with Crippen LogP contribution in [0.1, 0.15) is 25.5 Å². The number of nitrogens with zero attached hydrogens (tertiary/aromatic N) is 1. The molecular weight excluding hydrogens is 232 g/mol. The first-order valence-corrected chi connectivity index (χ1v) is 6.15. The van der Waals surface area contributed by atoms with Gasteiger partial charge in [0.1, 0.15) is 0 Å². The van der Waals surface area contributed by atoms with E-state index in [1.165, 1.54) is 0 Å². The lowest BCUT2D eigenvalue weighted by atomic mass is 10.1. The highest BCUT2D eigenvalue weighted by molar-refractivity contribution is 6.31. The van der Waals surface area contributed by atoms with Crippen molar-refractivity contribution in [2.75, 3.05) is 25.5 Å². The van der Waals surface area contributed by atoms with Gasteiger partial charge in [0, 0.05) is 30.3 Å². The van der Waals surface area contributed by atoms with E-state index in [9.17, 15) is 0 Å². The molecule has 0 aliphatic rings. The second kappa shape index (κ2) is 6.08. The topological polar surface area (TPSA) is 15.3 Å². The molecule has 0 heterocycles. The van der Waals surface area contributed by atoms with Gasteiger partial charge in [-0.25, -0.2) is 0 Å². The lowest BCUT2D eigenvalue weighted by Gasteiger charge is -2.21. The van der Waals surface area contributed by atoms with Gasteiger partial charge in [-0.15, -0.1) is 0 Å². The van der Waals surface area contributed by atoms with Crippen LogP contribution in [0.2, 0.25) is 5.02 Å². The molecule has 0 aliphatic carbocycles. The summed E-state index contributed by atoms with van der Waals surface area (Å²) in [6.07, 6.45) is 0. The summed E-state index contributed by atoms with van der Waals surface area (Å²) in [5, 5.41) is 3.99. The third-order valence-electron chi connectivity index (χ3n) is 2.83. The van der Waals surface area contributed by atoms with Gasteiger partial charge in [-0.2, -0.15) is 0 Å². The van der Waals surface area contributed by atoms with Gasteiger partial charge in [0.05, 0.1) is 0 Å². The van der Waals surface area contributed by atoms with Crippen LogP contribution in [-0.4, -0.2) is 20.6 Å². The van der Waals surface area contributed by atoms with Crippen molar-refractivity contribution < 1.29 is 0 Å². The lowest BCUT2D eigenvalue weighted by Crippen LogP contribution is -2.19. The Morgan fingerprint density at radius 1 is 1.53 bits per heavy atom. The van der Waals surface area contributed by atoms with Gasteiger partial charge in [-0.3, -0.25) is 0 Å². The molecule has 94 valence electrons. The second-order valence-corrected chi connectivity index (χ2v) is 4.94. The first kappa shape index (κ1) is 14.1. The van der Waals surface area contributed by atoms with E-state index >= 15 is 0 Å². The fourth-order valence-corrected chi connectivity index (χ4v) is 2.09. The molecule has 1 aromatic carbocycles. The lowest BCUT2D eigenvalue weighted by molar-refractivity contribution is 0.652. The summed E-state index contributed by atoms with van der Waals surface area (Å²) in [6, 6.07) is 6.45. The van der Waals surface area contributed by atoms with Crippen LogP contribution < -0.4 is 10.2 Å². The molecule has 0 spiro atoms. The highest BCUT2D eigenvalue weighted by Crippen LogP contribution is 2.27. The number of hydrogen-bond acceptors (Lipinski definition) is 2. The van der Waals surface area contributed by atoms with Gasteiger partial charge in [0.25, 0.3) is 0 Å². The van der Waals surface area contributed by atoms with E-state index in [0.29, 0.717) is 0 Å². The van der Waals surface area contributed by atoms with Crippen LogP contribution in [0.5, 0.6) is 0 Å². The Labute approximate surface area is 109 Å². The fourth-order valence-electron chi connectivity index (χ4n) is 1.76. The standard InChI is InChI=1S/C14H21ClN2/c1-10(2)9-17(5)12-6-7-13(11(3)16-4)14(15)8-12/h6-8,11,16H,1,9H2,2-5H3. The quantitative estimate of drug-likeness (QED) is 0.805. The molecule has 2 nitrogen and oxygen atoms in total. The van der Waals surface area contributed by atoms with Crippen LogP contribution in [0, 0.1) is 0 Å². The molecule has 0 aromatic heterocycles. The minimum absolute atomic E-state index is 0.267. The number of likely N-dealkylation sites (N-methyl/N-ethyl adjacent to an activating group) is 1. The average Bonchev–Trinajstić information content (AvgIpc) is 2.27. The van der Waals surface area contributed by atoms with Crippen LogP contribution in [0.3, 0.4) is 0 Å². The summed E-state index contributed by atoms with van der Waals surface area (Å²) in [5.41, 5.74) is 3.38. The van der Waals surface area contributed by atoms with Crippen LogP contribution >= 0.6 is 11.6 Å². The van der Waals surface area contributed by atoms with Crippen molar-refractivity contribution in [2.45, 2.75) is 19.9 Å². The fraction of sp³-hybridized carbons (Fsp3) is 0.429. The van der Waals surface area contributed by atoms with Gasteiger partial charge < -0.3 is 10.2 Å². The molecule has 17 heavy (non-hydrogen) atoms. The molecule has 0 amide bonds. The molecule has 1 rings (SSSR count). The molecule has 0 fully saturated rings. The Morgan fingerprint density at radius 2 is 2.18 bits per heavy atom. The summed E-state index contributed by atoms with van der Waals surface area (Å²) >= 11 is 6.29. The summed E-state index contributed by atoms with van der Waals surface area (Å²) in [6.45, 7) is 8.88. The zero-order valence-corrected chi connectivity index (χ0v) is 11.8. The smallest absolute Gasteiger partial charge is 0.0474 e. The predicted octanol–water partition coefficient (Wildman–Crippen LogP) is 3.63. The monoisotopic (exact) mass is 252 g/mol. The normalized spacial score (nSPS) is 12.3. The second-order valence-electron chi connectivity index (χ2n) is 4.53. The Morgan fingerprint density at radius 3 is 2.65 bits per heavy atom. The van der Waals surface area contributed by atoms with Crippen molar-refractivity contribution in [1.82, 2.24) is 5.32 Å². The molecule has 1 atom stereocenters. The van der Waals surface area contributed by atoms with Crippen LogP contribution in [0.25, 0.3) is 0 Å². The first-order chi connectivity index (χ1) is 7.95. The zero-order chi connectivity index (χ0) is 13.0. The van der Waals surface area contributed by atoms with Crippen molar-refractivity contribution >= 4 is 17.3 Å². The molecule has 0 saturated heterocycles. The summed E-state index contributed by atoms with van der Waals surface area (Å²) < 4.78 is 0.